The van der Waals surface area contributed by atoms with Gasteiger partial charge in [-0.1, -0.05) is 170 Å². The third kappa shape index (κ3) is 5.85. The molecular weight excluding hydrogens is 729 g/mol. The first-order valence-corrected chi connectivity index (χ1v) is 20.1. The first-order valence-electron chi connectivity index (χ1n) is 20.1. The van der Waals surface area contributed by atoms with Gasteiger partial charge in [0, 0.05) is 27.5 Å². The van der Waals surface area contributed by atoms with E-state index in [1.165, 1.54) is 37.7 Å². The Kier molecular flexibility index (Phi) is 8.42. The van der Waals surface area contributed by atoms with Crippen LogP contribution in [0.25, 0.3) is 98.3 Å². The highest BCUT2D eigenvalue weighted by molar-refractivity contribution is 6.26. The van der Waals surface area contributed by atoms with Gasteiger partial charge in [0.15, 0.2) is 11.7 Å². The summed E-state index contributed by atoms with van der Waals surface area (Å²) in [4.78, 5) is 14.3. The van der Waals surface area contributed by atoms with Gasteiger partial charge in [-0.05, 0) is 108 Å². The van der Waals surface area contributed by atoms with Crippen molar-refractivity contribution in [2.45, 2.75) is 0 Å². The molecule has 0 amide bonds. The maximum atomic E-state index is 9.43. The Balaban J connectivity index is 1.14. The molecule has 60 heavy (non-hydrogen) atoms. The average Bonchev–Trinajstić information content (AvgIpc) is 3.32. The third-order valence-corrected chi connectivity index (χ3v) is 11.8. The number of nitrogens with one attached hydrogen (secondary N) is 1. The van der Waals surface area contributed by atoms with Gasteiger partial charge >= 0.3 is 0 Å². The molecule has 0 atom stereocenters. The molecular formula is C56H36N4. The second-order valence-corrected chi connectivity index (χ2v) is 15.2. The molecule has 10 aromatic carbocycles. The lowest BCUT2D eigenvalue weighted by Gasteiger charge is -2.16. The predicted octanol–water partition coefficient (Wildman–Crippen LogP) is 14.5. The lowest BCUT2D eigenvalue weighted by molar-refractivity contribution is 1.40. The molecule has 11 aromatic rings. The van der Waals surface area contributed by atoms with E-state index >= 15 is 0 Å². The fourth-order valence-corrected chi connectivity index (χ4v) is 9.00. The van der Waals surface area contributed by atoms with Crippen LogP contribution in [0.1, 0.15) is 11.1 Å². The highest BCUT2D eigenvalue weighted by Crippen LogP contribution is 2.41. The van der Waals surface area contributed by atoms with Crippen molar-refractivity contribution < 1.29 is 0 Å². The molecule has 0 saturated heterocycles. The highest BCUT2D eigenvalue weighted by atomic mass is 14.9. The normalized spacial score (nSPS) is 11.9. The van der Waals surface area contributed by atoms with Gasteiger partial charge in [0.2, 0.25) is 0 Å². The van der Waals surface area contributed by atoms with E-state index in [2.05, 4.69) is 182 Å². The van der Waals surface area contributed by atoms with E-state index in [-0.39, 0.29) is 5.84 Å². The number of benzene rings is 10. The summed E-state index contributed by atoms with van der Waals surface area (Å²) in [5.41, 5.74) is 8.57. The maximum absolute atomic E-state index is 9.43. The zero-order valence-electron chi connectivity index (χ0n) is 32.6. The summed E-state index contributed by atoms with van der Waals surface area (Å²) in [6.45, 7) is 3.81. The molecule has 0 unspecified atom stereocenters. The Hall–Kier alpha value is -8.08. The molecule has 1 N–H and O–H groups in total. The number of amidine groups is 2. The number of pyridine rings is 1. The van der Waals surface area contributed by atoms with Gasteiger partial charge < -0.3 is 0 Å². The summed E-state index contributed by atoms with van der Waals surface area (Å²) < 4.78 is 0. The maximum Gasteiger partial charge on any atom is 0.161 e. The molecule has 11 rings (SSSR count). The standard InChI is InChI=1S/C56H36N4/c1-58-56(35-15-3-2-4-16-35)60-55(57)39-32-37(36-29-30-48-44-19-6-5-17-42(44)43-18-7-8-20-46(43)52(48)34-36)31-38(33-39)40-24-13-26-45-41(40)25-14-27-51(45)54-50-23-10-9-21-47(50)49-22-11-12-28-53(49)59-54/h2-34,57H,1H2. The summed E-state index contributed by atoms with van der Waals surface area (Å²) in [6, 6.07) is 70.1. The van der Waals surface area contributed by atoms with Crippen LogP contribution >= 0.6 is 0 Å². The Labute approximate surface area is 347 Å². The van der Waals surface area contributed by atoms with Crippen molar-refractivity contribution >= 4 is 83.2 Å². The summed E-state index contributed by atoms with van der Waals surface area (Å²) in [5, 5.41) is 22.4. The Morgan fingerprint density at radius 3 is 1.58 bits per heavy atom. The zero-order chi connectivity index (χ0) is 40.2. The summed E-state index contributed by atoms with van der Waals surface area (Å²) in [7, 11) is 0. The van der Waals surface area contributed by atoms with Crippen molar-refractivity contribution in [3.05, 3.63) is 211 Å². The van der Waals surface area contributed by atoms with E-state index in [0.717, 1.165) is 66.1 Å². The van der Waals surface area contributed by atoms with Crippen molar-refractivity contribution in [2.75, 3.05) is 0 Å². The second-order valence-electron chi connectivity index (χ2n) is 15.2. The number of rotatable bonds is 5. The van der Waals surface area contributed by atoms with Gasteiger partial charge in [-0.3, -0.25) is 5.41 Å². The lowest BCUT2D eigenvalue weighted by atomic mass is 9.89. The van der Waals surface area contributed by atoms with E-state index in [9.17, 15) is 5.41 Å². The quantitative estimate of drug-likeness (QED) is 0.106. The number of aliphatic imine (C=N–C) groups is 2. The van der Waals surface area contributed by atoms with Gasteiger partial charge in [0.05, 0.1) is 11.2 Å². The molecule has 4 nitrogen and oxygen atoms in total. The molecule has 0 saturated carbocycles. The fraction of sp³-hybridized carbons (Fsp3) is 0. The van der Waals surface area contributed by atoms with Gasteiger partial charge in [0.25, 0.3) is 0 Å². The number of hydrogen-bond acceptors (Lipinski definition) is 2. The largest absolute Gasteiger partial charge is 0.282 e. The van der Waals surface area contributed by atoms with Crippen LogP contribution in [-0.2, 0) is 0 Å². The fourth-order valence-electron chi connectivity index (χ4n) is 9.00. The monoisotopic (exact) mass is 764 g/mol. The van der Waals surface area contributed by atoms with E-state index in [1.807, 2.05) is 30.3 Å². The van der Waals surface area contributed by atoms with Crippen LogP contribution < -0.4 is 0 Å². The number of aromatic nitrogens is 1. The molecule has 1 heterocycles. The number of fused-ring (bicyclic) bond motifs is 10. The topological polar surface area (TPSA) is 61.5 Å². The molecule has 0 spiro atoms. The Morgan fingerprint density at radius 1 is 0.383 bits per heavy atom. The minimum absolute atomic E-state index is 0.106. The molecule has 4 heteroatoms. The van der Waals surface area contributed by atoms with Crippen molar-refractivity contribution in [2.24, 2.45) is 9.98 Å². The van der Waals surface area contributed by atoms with Crippen molar-refractivity contribution in [3.63, 3.8) is 0 Å². The summed E-state index contributed by atoms with van der Waals surface area (Å²) in [6.07, 6.45) is 0. The van der Waals surface area contributed by atoms with Gasteiger partial charge in [-0.2, -0.15) is 0 Å². The Bertz CT molecular complexity index is 3550. The minimum atomic E-state index is 0.106. The van der Waals surface area contributed by atoms with Gasteiger partial charge in [0.1, 0.15) is 0 Å². The van der Waals surface area contributed by atoms with Crippen LogP contribution in [-0.4, -0.2) is 23.4 Å². The average molecular weight is 765 g/mol. The van der Waals surface area contributed by atoms with E-state index in [1.54, 1.807) is 0 Å². The van der Waals surface area contributed by atoms with Gasteiger partial charge in [-0.15, -0.1) is 0 Å². The molecule has 1 aromatic heterocycles. The lowest BCUT2D eigenvalue weighted by Crippen LogP contribution is -2.04. The Morgan fingerprint density at radius 2 is 0.900 bits per heavy atom. The minimum Gasteiger partial charge on any atom is -0.282 e. The first-order chi connectivity index (χ1) is 29.6. The predicted molar refractivity (Wildman–Crippen MR) is 255 cm³/mol. The third-order valence-electron chi connectivity index (χ3n) is 11.8. The first kappa shape index (κ1) is 35.1. The zero-order valence-corrected chi connectivity index (χ0v) is 32.6. The molecule has 0 radical (unpaired) electrons. The van der Waals surface area contributed by atoms with Crippen LogP contribution in [0.5, 0.6) is 0 Å². The number of para-hydroxylation sites is 1. The van der Waals surface area contributed by atoms with Crippen LogP contribution in [0.2, 0.25) is 0 Å². The van der Waals surface area contributed by atoms with Crippen molar-refractivity contribution in [1.82, 2.24) is 4.98 Å². The smallest absolute Gasteiger partial charge is 0.161 e. The molecule has 0 aliphatic heterocycles. The van der Waals surface area contributed by atoms with Gasteiger partial charge in [-0.25, -0.2) is 15.0 Å². The molecule has 280 valence electrons. The van der Waals surface area contributed by atoms with Crippen molar-refractivity contribution in [1.29, 1.82) is 5.41 Å². The molecule has 0 aliphatic carbocycles. The number of nitrogens with zero attached hydrogens (tertiary/aromatic N) is 3. The second kappa shape index (κ2) is 14.4. The highest BCUT2D eigenvalue weighted by Gasteiger charge is 2.17. The molecule has 0 fully saturated rings. The van der Waals surface area contributed by atoms with Crippen LogP contribution in [0.15, 0.2) is 210 Å². The summed E-state index contributed by atoms with van der Waals surface area (Å²) >= 11 is 0. The van der Waals surface area contributed by atoms with Crippen LogP contribution in [0.4, 0.5) is 0 Å². The van der Waals surface area contributed by atoms with E-state index in [4.69, 9.17) is 9.98 Å². The molecule has 0 bridgehead atoms. The SMILES string of the molecule is C=NC(=NC(=N)c1cc(-c2ccc3c4ccccc4c4ccccc4c3c2)cc(-c2cccc3c(-c4nc5ccccc5c5ccccc45)cccc23)c1)c1ccccc1. The van der Waals surface area contributed by atoms with Crippen LogP contribution in [0.3, 0.4) is 0 Å². The van der Waals surface area contributed by atoms with Crippen LogP contribution in [0, 0.1) is 5.41 Å². The van der Waals surface area contributed by atoms with E-state index < -0.39 is 0 Å². The van der Waals surface area contributed by atoms with Crippen molar-refractivity contribution in [3.8, 4) is 33.5 Å². The molecule has 0 aliphatic rings. The number of hydrogen-bond donors (Lipinski definition) is 1. The summed E-state index contributed by atoms with van der Waals surface area (Å²) in [5.74, 6) is 0.510. The van der Waals surface area contributed by atoms with E-state index in [0.29, 0.717) is 11.4 Å².